The van der Waals surface area contributed by atoms with Gasteiger partial charge in [-0.1, -0.05) is 6.08 Å². The van der Waals surface area contributed by atoms with Crippen molar-refractivity contribution in [2.45, 2.75) is 38.0 Å². The third kappa shape index (κ3) is 2.03. The predicted octanol–water partition coefficient (Wildman–Crippen LogP) is 1.92. The van der Waals surface area contributed by atoms with Gasteiger partial charge in [-0.15, -0.1) is 11.8 Å². The first kappa shape index (κ1) is 9.65. The molecule has 1 aliphatic rings. The van der Waals surface area contributed by atoms with Crippen LogP contribution in [0.25, 0.3) is 0 Å². The van der Waals surface area contributed by atoms with Crippen molar-refractivity contribution in [2.75, 3.05) is 0 Å². The fourth-order valence-electron chi connectivity index (χ4n) is 1.08. The van der Waals surface area contributed by atoms with Crippen LogP contribution in [0.3, 0.4) is 0 Å². The maximum absolute atomic E-state index is 11.6. The van der Waals surface area contributed by atoms with Crippen molar-refractivity contribution in [3.8, 4) is 0 Å². The molecule has 1 aliphatic heterocycles. The van der Waals surface area contributed by atoms with Crippen LogP contribution in [0.5, 0.6) is 0 Å². The van der Waals surface area contributed by atoms with Gasteiger partial charge in [0.05, 0.1) is 4.75 Å². The SMILES string of the molecule is CC(C)NC(=O)C1(C)CC=CS1. The number of rotatable bonds is 2. The Morgan fingerprint density at radius 2 is 2.33 bits per heavy atom. The summed E-state index contributed by atoms with van der Waals surface area (Å²) in [5, 5.41) is 4.93. The van der Waals surface area contributed by atoms with Crippen LogP contribution in [-0.4, -0.2) is 16.7 Å². The van der Waals surface area contributed by atoms with Crippen molar-refractivity contribution in [2.24, 2.45) is 0 Å². The highest BCUT2D eigenvalue weighted by atomic mass is 32.2. The van der Waals surface area contributed by atoms with Crippen molar-refractivity contribution in [3.05, 3.63) is 11.5 Å². The number of thioether (sulfide) groups is 1. The summed E-state index contributed by atoms with van der Waals surface area (Å²) in [6, 6.07) is 0.232. The van der Waals surface area contributed by atoms with Crippen molar-refractivity contribution < 1.29 is 4.79 Å². The topological polar surface area (TPSA) is 29.1 Å². The number of carbonyl (C=O) groups excluding carboxylic acids is 1. The summed E-state index contributed by atoms with van der Waals surface area (Å²) in [5.74, 6) is 0.146. The molecule has 12 heavy (non-hydrogen) atoms. The molecule has 0 spiro atoms. The lowest BCUT2D eigenvalue weighted by Crippen LogP contribution is -2.43. The highest BCUT2D eigenvalue weighted by molar-refractivity contribution is 8.04. The van der Waals surface area contributed by atoms with Crippen LogP contribution < -0.4 is 5.32 Å². The summed E-state index contributed by atoms with van der Waals surface area (Å²) in [7, 11) is 0. The zero-order valence-corrected chi connectivity index (χ0v) is 8.57. The van der Waals surface area contributed by atoms with Crippen LogP contribution in [0, 0.1) is 0 Å². The monoisotopic (exact) mass is 185 g/mol. The van der Waals surface area contributed by atoms with E-state index in [4.69, 9.17) is 0 Å². The molecule has 0 saturated carbocycles. The van der Waals surface area contributed by atoms with Crippen molar-refractivity contribution in [1.29, 1.82) is 0 Å². The fraction of sp³-hybridized carbons (Fsp3) is 0.667. The Kier molecular flexibility index (Phi) is 2.83. The molecule has 1 N–H and O–H groups in total. The van der Waals surface area contributed by atoms with E-state index in [1.807, 2.05) is 32.3 Å². The van der Waals surface area contributed by atoms with Gasteiger partial charge >= 0.3 is 0 Å². The molecule has 1 heterocycles. The number of hydrogen-bond acceptors (Lipinski definition) is 2. The zero-order chi connectivity index (χ0) is 9.19. The first-order valence-corrected chi connectivity index (χ1v) is 5.06. The minimum absolute atomic E-state index is 0.146. The van der Waals surface area contributed by atoms with E-state index in [1.54, 1.807) is 11.8 Å². The highest BCUT2D eigenvalue weighted by Crippen LogP contribution is 2.36. The number of allylic oxidation sites excluding steroid dienone is 1. The van der Waals surface area contributed by atoms with Crippen LogP contribution in [0.15, 0.2) is 11.5 Å². The summed E-state index contributed by atoms with van der Waals surface area (Å²) < 4.78 is -0.260. The van der Waals surface area contributed by atoms with E-state index in [2.05, 4.69) is 5.32 Å². The molecule has 1 unspecified atom stereocenters. The summed E-state index contributed by atoms with van der Waals surface area (Å²) >= 11 is 1.60. The molecule has 0 aromatic carbocycles. The Morgan fingerprint density at radius 3 is 2.75 bits per heavy atom. The molecule has 3 heteroatoms. The number of amides is 1. The van der Waals surface area contributed by atoms with E-state index in [0.29, 0.717) is 0 Å². The van der Waals surface area contributed by atoms with Gasteiger partial charge < -0.3 is 5.32 Å². The Hall–Kier alpha value is -0.440. The standard InChI is InChI=1S/C9H15NOS/c1-7(2)10-8(11)9(3)5-4-6-12-9/h4,6-7H,5H2,1-3H3,(H,10,11). The first-order valence-electron chi connectivity index (χ1n) is 4.18. The van der Waals surface area contributed by atoms with Crippen LogP contribution in [0.4, 0.5) is 0 Å². The third-order valence-electron chi connectivity index (χ3n) is 1.83. The lowest BCUT2D eigenvalue weighted by atomic mass is 10.1. The molecule has 1 atom stereocenters. The van der Waals surface area contributed by atoms with Crippen LogP contribution >= 0.6 is 11.8 Å². The van der Waals surface area contributed by atoms with Gasteiger partial charge in [0, 0.05) is 6.04 Å². The van der Waals surface area contributed by atoms with Gasteiger partial charge in [-0.25, -0.2) is 0 Å². The molecule has 0 bridgehead atoms. The van der Waals surface area contributed by atoms with Crippen molar-refractivity contribution >= 4 is 17.7 Å². The fourth-order valence-corrected chi connectivity index (χ4v) is 1.93. The lowest BCUT2D eigenvalue weighted by Gasteiger charge is -2.22. The first-order chi connectivity index (χ1) is 5.54. The van der Waals surface area contributed by atoms with Gasteiger partial charge in [0.1, 0.15) is 0 Å². The molecule has 2 nitrogen and oxygen atoms in total. The number of nitrogens with one attached hydrogen (secondary N) is 1. The van der Waals surface area contributed by atoms with Crippen LogP contribution in [0.1, 0.15) is 27.2 Å². The van der Waals surface area contributed by atoms with Gasteiger partial charge in [-0.2, -0.15) is 0 Å². The highest BCUT2D eigenvalue weighted by Gasteiger charge is 2.34. The normalized spacial score (nSPS) is 28.0. The van der Waals surface area contributed by atoms with Gasteiger partial charge in [0.2, 0.25) is 5.91 Å². The van der Waals surface area contributed by atoms with Gasteiger partial charge in [-0.3, -0.25) is 4.79 Å². The number of carbonyl (C=O) groups is 1. The Labute approximate surface area is 77.8 Å². The molecule has 0 fully saturated rings. The predicted molar refractivity (Wildman–Crippen MR) is 53.0 cm³/mol. The third-order valence-corrected chi connectivity index (χ3v) is 3.03. The molecule has 0 aromatic rings. The maximum Gasteiger partial charge on any atom is 0.236 e. The summed E-state index contributed by atoms with van der Waals surface area (Å²) in [4.78, 5) is 11.6. The van der Waals surface area contributed by atoms with E-state index in [1.165, 1.54) is 0 Å². The van der Waals surface area contributed by atoms with Gasteiger partial charge in [-0.05, 0) is 32.6 Å². The molecule has 1 rings (SSSR count). The molecular formula is C9H15NOS. The second-order valence-corrected chi connectivity index (χ2v) is 4.96. The second-order valence-electron chi connectivity index (χ2n) is 3.55. The molecule has 0 aromatic heterocycles. The van der Waals surface area contributed by atoms with E-state index in [0.717, 1.165) is 6.42 Å². The molecule has 1 amide bonds. The van der Waals surface area contributed by atoms with E-state index in [9.17, 15) is 4.79 Å². The van der Waals surface area contributed by atoms with E-state index in [-0.39, 0.29) is 16.7 Å². The number of hydrogen-bond donors (Lipinski definition) is 1. The van der Waals surface area contributed by atoms with Crippen LogP contribution in [0.2, 0.25) is 0 Å². The van der Waals surface area contributed by atoms with E-state index >= 15 is 0 Å². The Bertz CT molecular complexity index is 203. The molecule has 0 saturated heterocycles. The average molecular weight is 185 g/mol. The quantitative estimate of drug-likeness (QED) is 0.712. The molecular weight excluding hydrogens is 170 g/mol. The minimum atomic E-state index is -0.260. The van der Waals surface area contributed by atoms with Crippen LogP contribution in [-0.2, 0) is 4.79 Å². The maximum atomic E-state index is 11.6. The molecule has 0 aliphatic carbocycles. The summed E-state index contributed by atoms with van der Waals surface area (Å²) in [5.41, 5.74) is 0. The van der Waals surface area contributed by atoms with Crippen molar-refractivity contribution in [1.82, 2.24) is 5.32 Å². The minimum Gasteiger partial charge on any atom is -0.353 e. The van der Waals surface area contributed by atoms with E-state index < -0.39 is 0 Å². The Morgan fingerprint density at radius 1 is 1.67 bits per heavy atom. The van der Waals surface area contributed by atoms with Gasteiger partial charge in [0.25, 0.3) is 0 Å². The molecule has 0 radical (unpaired) electrons. The smallest absolute Gasteiger partial charge is 0.236 e. The Balaban J connectivity index is 2.52. The summed E-state index contributed by atoms with van der Waals surface area (Å²) in [6.45, 7) is 5.94. The summed E-state index contributed by atoms with van der Waals surface area (Å²) in [6.07, 6.45) is 2.89. The second kappa shape index (κ2) is 3.52. The van der Waals surface area contributed by atoms with Crippen molar-refractivity contribution in [3.63, 3.8) is 0 Å². The largest absolute Gasteiger partial charge is 0.353 e. The van der Waals surface area contributed by atoms with Gasteiger partial charge in [0.15, 0.2) is 0 Å². The zero-order valence-electron chi connectivity index (χ0n) is 7.76. The average Bonchev–Trinajstić information content (AvgIpc) is 2.36. The molecule has 68 valence electrons. The lowest BCUT2D eigenvalue weighted by molar-refractivity contribution is -0.123.